The zero-order valence-electron chi connectivity index (χ0n) is 12.2. The molecule has 1 rings (SSSR count). The van der Waals surface area contributed by atoms with Gasteiger partial charge in [-0.1, -0.05) is 25.8 Å². The van der Waals surface area contributed by atoms with E-state index < -0.39 is 12.0 Å². The number of hydrogen-bond acceptors (Lipinski definition) is 3. The highest BCUT2D eigenvalue weighted by molar-refractivity contribution is 9.10. The van der Waals surface area contributed by atoms with Gasteiger partial charge in [0.15, 0.2) is 6.04 Å². The summed E-state index contributed by atoms with van der Waals surface area (Å²) < 4.78 is 5.75. The van der Waals surface area contributed by atoms with Crippen molar-refractivity contribution in [3.63, 3.8) is 0 Å². The van der Waals surface area contributed by atoms with E-state index in [0.29, 0.717) is 22.2 Å². The fraction of sp³-hybridized carbons (Fsp3) is 0.467. The average molecular weight is 358 g/mol. The van der Waals surface area contributed by atoms with E-state index in [1.54, 1.807) is 18.2 Å². The summed E-state index contributed by atoms with van der Waals surface area (Å²) in [7, 11) is 1.53. The zero-order valence-corrected chi connectivity index (χ0v) is 13.8. The summed E-state index contributed by atoms with van der Waals surface area (Å²) in [6.45, 7) is 2.05. The molecule has 0 aliphatic rings. The molecule has 0 radical (unpaired) electrons. The predicted octanol–water partition coefficient (Wildman–Crippen LogP) is 3.28. The van der Waals surface area contributed by atoms with Crippen LogP contribution in [-0.2, 0) is 9.59 Å². The first kappa shape index (κ1) is 17.5. The van der Waals surface area contributed by atoms with Gasteiger partial charge in [-0.05, 0) is 40.0 Å². The van der Waals surface area contributed by atoms with Crippen molar-refractivity contribution in [3.05, 3.63) is 28.2 Å². The number of carbonyl (C=O) groups is 2. The summed E-state index contributed by atoms with van der Waals surface area (Å²) in [5.41, 5.74) is 0.499. The first-order valence-corrected chi connectivity index (χ1v) is 7.64. The number of carbonyl (C=O) groups excluding carboxylic acids is 1. The number of amides is 1. The van der Waals surface area contributed by atoms with E-state index in [9.17, 15) is 14.7 Å². The van der Waals surface area contributed by atoms with Crippen molar-refractivity contribution in [2.75, 3.05) is 7.11 Å². The number of unbranched alkanes of at least 4 members (excludes halogenated alkanes) is 2. The summed E-state index contributed by atoms with van der Waals surface area (Å²) in [6.07, 6.45) is 3.08. The molecule has 0 aromatic heterocycles. The van der Waals surface area contributed by atoms with Crippen LogP contribution in [0.2, 0.25) is 0 Å². The van der Waals surface area contributed by atoms with Gasteiger partial charge in [0.2, 0.25) is 5.91 Å². The second-order valence-electron chi connectivity index (χ2n) is 4.69. The van der Waals surface area contributed by atoms with Crippen LogP contribution < -0.4 is 10.1 Å². The number of carboxylic acids is 1. The Hall–Kier alpha value is -1.56. The summed E-state index contributed by atoms with van der Waals surface area (Å²) in [4.78, 5) is 23.2. The molecule has 0 heterocycles. The van der Waals surface area contributed by atoms with E-state index in [-0.39, 0.29) is 5.91 Å². The Bertz CT molecular complexity index is 504. The number of halogens is 1. The third-order valence-electron chi connectivity index (χ3n) is 3.07. The number of methoxy groups -OCH3 is 1. The molecule has 0 saturated heterocycles. The number of aliphatic carboxylic acids is 1. The monoisotopic (exact) mass is 357 g/mol. The minimum Gasteiger partial charge on any atom is -0.496 e. The van der Waals surface area contributed by atoms with Crippen molar-refractivity contribution in [3.8, 4) is 5.75 Å². The number of ether oxygens (including phenoxy) is 1. The zero-order chi connectivity index (χ0) is 15.8. The summed E-state index contributed by atoms with van der Waals surface area (Å²) in [6, 6.07) is 3.89. The van der Waals surface area contributed by atoms with Crippen LogP contribution in [0.1, 0.15) is 44.2 Å². The Morgan fingerprint density at radius 3 is 2.62 bits per heavy atom. The molecule has 1 aromatic rings. The number of benzene rings is 1. The van der Waals surface area contributed by atoms with Gasteiger partial charge in [-0.2, -0.15) is 0 Å². The quantitative estimate of drug-likeness (QED) is 0.700. The number of nitrogens with one attached hydrogen (secondary N) is 1. The lowest BCUT2D eigenvalue weighted by molar-refractivity contribution is -0.142. The van der Waals surface area contributed by atoms with E-state index in [4.69, 9.17) is 4.74 Å². The minimum atomic E-state index is -1.09. The van der Waals surface area contributed by atoms with Crippen molar-refractivity contribution >= 4 is 27.8 Å². The van der Waals surface area contributed by atoms with Crippen molar-refractivity contribution in [2.45, 2.75) is 38.6 Å². The molecule has 0 aliphatic heterocycles. The van der Waals surface area contributed by atoms with Crippen molar-refractivity contribution in [1.82, 2.24) is 5.32 Å². The maximum Gasteiger partial charge on any atom is 0.330 e. The lowest BCUT2D eigenvalue weighted by Crippen LogP contribution is -2.33. The van der Waals surface area contributed by atoms with E-state index in [1.807, 2.05) is 6.92 Å². The van der Waals surface area contributed by atoms with Crippen LogP contribution in [0.3, 0.4) is 0 Å². The molecule has 1 amide bonds. The van der Waals surface area contributed by atoms with Crippen molar-refractivity contribution in [2.24, 2.45) is 0 Å². The molecule has 2 N–H and O–H groups in total. The smallest absolute Gasteiger partial charge is 0.330 e. The normalized spacial score (nSPS) is 11.8. The molecule has 21 heavy (non-hydrogen) atoms. The van der Waals surface area contributed by atoms with Gasteiger partial charge >= 0.3 is 5.97 Å². The van der Waals surface area contributed by atoms with Crippen LogP contribution in [0.5, 0.6) is 5.75 Å². The third-order valence-corrected chi connectivity index (χ3v) is 3.69. The molecule has 0 saturated carbocycles. The maximum absolute atomic E-state index is 11.8. The van der Waals surface area contributed by atoms with Gasteiger partial charge in [0.1, 0.15) is 5.75 Å². The topological polar surface area (TPSA) is 75.6 Å². The fourth-order valence-electron chi connectivity index (χ4n) is 1.92. The largest absolute Gasteiger partial charge is 0.496 e. The van der Waals surface area contributed by atoms with Crippen LogP contribution in [0.25, 0.3) is 0 Å². The first-order valence-electron chi connectivity index (χ1n) is 6.85. The molecular formula is C15H20BrNO4. The van der Waals surface area contributed by atoms with Gasteiger partial charge in [-0.3, -0.25) is 4.79 Å². The van der Waals surface area contributed by atoms with Gasteiger partial charge < -0.3 is 15.2 Å². The van der Waals surface area contributed by atoms with Crippen molar-refractivity contribution in [1.29, 1.82) is 0 Å². The minimum absolute atomic E-state index is 0.247. The van der Waals surface area contributed by atoms with E-state index in [2.05, 4.69) is 21.2 Å². The Morgan fingerprint density at radius 1 is 1.38 bits per heavy atom. The highest BCUT2D eigenvalue weighted by atomic mass is 79.9. The molecule has 1 unspecified atom stereocenters. The number of carboxylic acid groups (broad SMARTS) is 1. The van der Waals surface area contributed by atoms with Crippen LogP contribution in [0, 0.1) is 0 Å². The molecule has 0 spiro atoms. The highest BCUT2D eigenvalue weighted by Gasteiger charge is 2.22. The molecule has 0 aliphatic carbocycles. The molecular weight excluding hydrogens is 338 g/mol. The molecule has 1 aromatic carbocycles. The number of hydrogen-bond donors (Lipinski definition) is 2. The van der Waals surface area contributed by atoms with Gasteiger partial charge in [-0.25, -0.2) is 4.79 Å². The van der Waals surface area contributed by atoms with Crippen LogP contribution in [0.15, 0.2) is 22.7 Å². The van der Waals surface area contributed by atoms with E-state index >= 15 is 0 Å². The predicted molar refractivity (Wildman–Crippen MR) is 83.4 cm³/mol. The van der Waals surface area contributed by atoms with Gasteiger partial charge in [0.05, 0.1) is 11.6 Å². The lowest BCUT2D eigenvalue weighted by Gasteiger charge is -2.16. The lowest BCUT2D eigenvalue weighted by atomic mass is 10.1. The van der Waals surface area contributed by atoms with Crippen LogP contribution in [0.4, 0.5) is 0 Å². The summed E-state index contributed by atoms with van der Waals surface area (Å²) in [5, 5.41) is 11.9. The van der Waals surface area contributed by atoms with Gasteiger partial charge in [-0.15, -0.1) is 0 Å². The Balaban J connectivity index is 2.80. The second kappa shape index (κ2) is 8.67. The van der Waals surface area contributed by atoms with E-state index in [1.165, 1.54) is 7.11 Å². The SMILES string of the molecule is CCCCCC(=O)NC(C(=O)O)c1ccc(OC)c(Br)c1. The van der Waals surface area contributed by atoms with Gasteiger partial charge in [0.25, 0.3) is 0 Å². The van der Waals surface area contributed by atoms with Crippen LogP contribution in [-0.4, -0.2) is 24.1 Å². The Kier molecular flexibility index (Phi) is 7.22. The molecule has 5 nitrogen and oxygen atoms in total. The Morgan fingerprint density at radius 2 is 2.10 bits per heavy atom. The summed E-state index contributed by atoms with van der Waals surface area (Å²) in [5.74, 6) is -0.726. The fourth-order valence-corrected chi connectivity index (χ4v) is 2.48. The average Bonchev–Trinajstić information content (AvgIpc) is 2.44. The molecule has 1 atom stereocenters. The highest BCUT2D eigenvalue weighted by Crippen LogP contribution is 2.28. The van der Waals surface area contributed by atoms with Crippen molar-refractivity contribution < 1.29 is 19.4 Å². The second-order valence-corrected chi connectivity index (χ2v) is 5.54. The molecule has 6 heteroatoms. The van der Waals surface area contributed by atoms with E-state index in [0.717, 1.165) is 19.3 Å². The molecule has 0 bridgehead atoms. The number of rotatable bonds is 8. The first-order chi connectivity index (χ1) is 9.99. The maximum atomic E-state index is 11.8. The standard InChI is InChI=1S/C15H20BrNO4/c1-3-4-5-6-13(18)17-14(15(19)20)10-7-8-12(21-2)11(16)9-10/h7-9,14H,3-6H2,1-2H3,(H,17,18)(H,19,20). The molecule has 0 fully saturated rings. The van der Waals surface area contributed by atoms with Crippen LogP contribution >= 0.6 is 15.9 Å². The third kappa shape index (κ3) is 5.38. The molecule has 116 valence electrons. The van der Waals surface area contributed by atoms with Gasteiger partial charge in [0, 0.05) is 6.42 Å². The summed E-state index contributed by atoms with van der Waals surface area (Å²) >= 11 is 3.31. The Labute approximate surface area is 132 Å².